The molecule has 0 spiro atoms. The Labute approximate surface area is 145 Å². The molecule has 0 radical (unpaired) electrons. The van der Waals surface area contributed by atoms with Gasteiger partial charge in [0, 0.05) is 18.2 Å². The van der Waals surface area contributed by atoms with Crippen LogP contribution in [0.25, 0.3) is 6.08 Å². The minimum atomic E-state index is -0.472. The molecule has 1 amide bonds. The minimum absolute atomic E-state index is 0.00761. The van der Waals surface area contributed by atoms with E-state index in [2.05, 4.69) is 17.2 Å². The van der Waals surface area contributed by atoms with Crippen LogP contribution in [0.2, 0.25) is 0 Å². The number of carbonyl (C=O) groups excluding carboxylic acids is 1. The molecule has 1 N–H and O–H groups in total. The molecule has 25 heavy (non-hydrogen) atoms. The summed E-state index contributed by atoms with van der Waals surface area (Å²) in [6.07, 6.45) is 2.93. The van der Waals surface area contributed by atoms with Crippen molar-refractivity contribution < 1.29 is 14.5 Å². The monoisotopic (exact) mass is 336 g/mol. The molecule has 0 aromatic heterocycles. The fourth-order valence-corrected chi connectivity index (χ4v) is 1.96. The van der Waals surface area contributed by atoms with Crippen LogP contribution < -0.4 is 10.1 Å². The molecule has 0 saturated carbocycles. The van der Waals surface area contributed by atoms with Crippen molar-refractivity contribution in [3.63, 3.8) is 0 Å². The third-order valence-corrected chi connectivity index (χ3v) is 3.21. The SMILES string of the molecule is COc1ccccc1C#CCNC(=O)/C=C/c1ccc([N+](=O)[O-])cc1. The van der Waals surface area contributed by atoms with Crippen LogP contribution in [0.1, 0.15) is 11.1 Å². The van der Waals surface area contributed by atoms with Gasteiger partial charge in [-0.1, -0.05) is 24.0 Å². The summed E-state index contributed by atoms with van der Waals surface area (Å²) in [6, 6.07) is 13.3. The fourth-order valence-electron chi connectivity index (χ4n) is 1.96. The first-order valence-electron chi connectivity index (χ1n) is 7.42. The standard InChI is InChI=1S/C19H16N2O4/c1-25-18-7-3-2-5-16(18)6-4-14-20-19(22)13-10-15-8-11-17(12-9-15)21(23)24/h2-3,5,7-13H,14H2,1H3,(H,20,22)/b13-10+. The zero-order valence-electron chi connectivity index (χ0n) is 13.6. The zero-order chi connectivity index (χ0) is 18.1. The number of methoxy groups -OCH3 is 1. The fraction of sp³-hybridized carbons (Fsp3) is 0.105. The molecule has 126 valence electrons. The van der Waals surface area contributed by atoms with E-state index in [0.717, 1.165) is 5.56 Å². The second-order valence-electron chi connectivity index (χ2n) is 4.90. The lowest BCUT2D eigenvalue weighted by Gasteiger charge is -2.01. The van der Waals surface area contributed by atoms with E-state index in [0.29, 0.717) is 11.3 Å². The van der Waals surface area contributed by atoms with Crippen molar-refractivity contribution in [1.82, 2.24) is 5.32 Å². The van der Waals surface area contributed by atoms with Gasteiger partial charge in [0.25, 0.3) is 5.69 Å². The van der Waals surface area contributed by atoms with Gasteiger partial charge in [0.1, 0.15) is 5.75 Å². The first-order chi connectivity index (χ1) is 12.1. The third kappa shape index (κ3) is 5.52. The number of hydrogen-bond donors (Lipinski definition) is 1. The molecule has 2 aromatic carbocycles. The maximum Gasteiger partial charge on any atom is 0.269 e. The van der Waals surface area contributed by atoms with Crippen LogP contribution in [0, 0.1) is 22.0 Å². The van der Waals surface area contributed by atoms with Gasteiger partial charge in [0.05, 0.1) is 24.1 Å². The Bertz CT molecular complexity index is 846. The minimum Gasteiger partial charge on any atom is -0.495 e. The number of nitro groups is 1. The molecule has 0 saturated heterocycles. The van der Waals surface area contributed by atoms with E-state index in [4.69, 9.17) is 4.74 Å². The van der Waals surface area contributed by atoms with Crippen molar-refractivity contribution in [2.75, 3.05) is 13.7 Å². The molecule has 2 rings (SSSR count). The molecule has 0 bridgehead atoms. The van der Waals surface area contributed by atoms with Crippen LogP contribution in [0.3, 0.4) is 0 Å². The average molecular weight is 336 g/mol. The van der Waals surface area contributed by atoms with Crippen molar-refractivity contribution in [3.05, 3.63) is 75.8 Å². The maximum absolute atomic E-state index is 11.7. The Morgan fingerprint density at radius 3 is 2.64 bits per heavy atom. The van der Waals surface area contributed by atoms with E-state index in [1.807, 2.05) is 24.3 Å². The predicted octanol–water partition coefficient (Wildman–Crippen LogP) is 2.78. The third-order valence-electron chi connectivity index (χ3n) is 3.21. The van der Waals surface area contributed by atoms with Crippen molar-refractivity contribution >= 4 is 17.7 Å². The molecule has 6 heteroatoms. The Morgan fingerprint density at radius 2 is 1.96 bits per heavy atom. The lowest BCUT2D eigenvalue weighted by molar-refractivity contribution is -0.384. The molecule has 0 fully saturated rings. The van der Waals surface area contributed by atoms with Gasteiger partial charge in [-0.3, -0.25) is 14.9 Å². The smallest absolute Gasteiger partial charge is 0.269 e. The highest BCUT2D eigenvalue weighted by Gasteiger charge is 2.02. The van der Waals surface area contributed by atoms with Gasteiger partial charge in [-0.15, -0.1) is 0 Å². The average Bonchev–Trinajstić information content (AvgIpc) is 2.64. The predicted molar refractivity (Wildman–Crippen MR) is 95.0 cm³/mol. The maximum atomic E-state index is 11.7. The summed E-state index contributed by atoms with van der Waals surface area (Å²) in [5.74, 6) is 6.17. The van der Waals surface area contributed by atoms with E-state index < -0.39 is 4.92 Å². The van der Waals surface area contributed by atoms with Gasteiger partial charge in [-0.2, -0.15) is 0 Å². The summed E-state index contributed by atoms with van der Waals surface area (Å²) in [7, 11) is 1.57. The highest BCUT2D eigenvalue weighted by atomic mass is 16.6. The molecular formula is C19H16N2O4. The molecule has 6 nitrogen and oxygen atoms in total. The number of hydrogen-bond acceptors (Lipinski definition) is 4. The van der Waals surface area contributed by atoms with E-state index in [-0.39, 0.29) is 18.1 Å². The zero-order valence-corrected chi connectivity index (χ0v) is 13.6. The quantitative estimate of drug-likeness (QED) is 0.394. The number of carbonyl (C=O) groups is 1. The van der Waals surface area contributed by atoms with Gasteiger partial charge >= 0.3 is 0 Å². The number of rotatable bonds is 5. The van der Waals surface area contributed by atoms with Crippen molar-refractivity contribution in [1.29, 1.82) is 0 Å². The first-order valence-corrected chi connectivity index (χ1v) is 7.42. The summed E-state index contributed by atoms with van der Waals surface area (Å²) < 4.78 is 5.19. The number of amides is 1. The molecule has 2 aromatic rings. The molecule has 0 aliphatic carbocycles. The number of ether oxygens (including phenoxy) is 1. The summed E-state index contributed by atoms with van der Waals surface area (Å²) in [5.41, 5.74) is 1.45. The lowest BCUT2D eigenvalue weighted by atomic mass is 10.2. The molecule has 0 atom stereocenters. The normalized spacial score (nSPS) is 9.96. The molecule has 0 unspecified atom stereocenters. The van der Waals surface area contributed by atoms with Crippen molar-refractivity contribution in [3.8, 4) is 17.6 Å². The van der Waals surface area contributed by atoms with Crippen LogP contribution in [-0.4, -0.2) is 24.5 Å². The second kappa shape index (κ2) is 8.89. The number of nitrogens with one attached hydrogen (secondary N) is 1. The van der Waals surface area contributed by atoms with E-state index in [9.17, 15) is 14.9 Å². The lowest BCUT2D eigenvalue weighted by Crippen LogP contribution is -2.20. The van der Waals surface area contributed by atoms with Gasteiger partial charge in [-0.25, -0.2) is 0 Å². The number of nitro benzene ring substituents is 1. The summed E-state index contributed by atoms with van der Waals surface area (Å²) in [6.45, 7) is 0.196. The largest absolute Gasteiger partial charge is 0.495 e. The Morgan fingerprint density at radius 1 is 1.24 bits per heavy atom. The van der Waals surface area contributed by atoms with Crippen LogP contribution in [0.5, 0.6) is 5.75 Å². The Balaban J connectivity index is 1.87. The summed E-state index contributed by atoms with van der Waals surface area (Å²) in [4.78, 5) is 21.8. The van der Waals surface area contributed by atoms with Crippen LogP contribution >= 0.6 is 0 Å². The van der Waals surface area contributed by atoms with Gasteiger partial charge in [-0.05, 0) is 35.9 Å². The highest BCUT2D eigenvalue weighted by molar-refractivity contribution is 5.91. The van der Waals surface area contributed by atoms with Crippen molar-refractivity contribution in [2.45, 2.75) is 0 Å². The molecule has 0 heterocycles. The molecule has 0 aliphatic rings. The highest BCUT2D eigenvalue weighted by Crippen LogP contribution is 2.15. The van der Waals surface area contributed by atoms with Gasteiger partial charge < -0.3 is 10.1 Å². The number of benzene rings is 2. The van der Waals surface area contributed by atoms with E-state index in [1.54, 1.807) is 25.3 Å². The van der Waals surface area contributed by atoms with Crippen molar-refractivity contribution in [2.24, 2.45) is 0 Å². The summed E-state index contributed by atoms with van der Waals surface area (Å²) in [5, 5.41) is 13.2. The Hall–Kier alpha value is -3.59. The first kappa shape index (κ1) is 17.8. The second-order valence-corrected chi connectivity index (χ2v) is 4.90. The van der Waals surface area contributed by atoms with Crippen LogP contribution in [0.4, 0.5) is 5.69 Å². The topological polar surface area (TPSA) is 81.5 Å². The Kier molecular flexibility index (Phi) is 6.32. The summed E-state index contributed by atoms with van der Waals surface area (Å²) >= 11 is 0. The number of para-hydroxylation sites is 1. The number of nitrogens with zero attached hydrogens (tertiary/aromatic N) is 1. The van der Waals surface area contributed by atoms with Crippen LogP contribution in [-0.2, 0) is 4.79 Å². The molecule has 0 aliphatic heterocycles. The molecular weight excluding hydrogens is 320 g/mol. The van der Waals surface area contributed by atoms with E-state index in [1.165, 1.54) is 18.2 Å². The van der Waals surface area contributed by atoms with E-state index >= 15 is 0 Å². The number of non-ortho nitro benzene ring substituents is 1. The van der Waals surface area contributed by atoms with Crippen LogP contribution in [0.15, 0.2) is 54.6 Å². The van der Waals surface area contributed by atoms with Gasteiger partial charge in [0.2, 0.25) is 5.91 Å². The van der Waals surface area contributed by atoms with Gasteiger partial charge in [0.15, 0.2) is 0 Å².